The molecule has 0 aromatic carbocycles. The summed E-state index contributed by atoms with van der Waals surface area (Å²) in [6.45, 7) is 8.50. The van der Waals surface area contributed by atoms with Gasteiger partial charge in [0.15, 0.2) is 0 Å². The summed E-state index contributed by atoms with van der Waals surface area (Å²) in [6, 6.07) is 0.105. The third-order valence-corrected chi connectivity index (χ3v) is 2.75. The van der Waals surface area contributed by atoms with Crippen LogP contribution < -0.4 is 5.32 Å². The molecule has 3 fully saturated rings. The minimum Gasteiger partial charge on any atom is -0.444 e. The van der Waals surface area contributed by atoms with E-state index in [0.717, 1.165) is 13.1 Å². The molecule has 1 N–H and O–H groups in total. The van der Waals surface area contributed by atoms with E-state index in [1.807, 2.05) is 20.8 Å². The molecule has 2 atom stereocenters. The molecule has 1 amide bonds. The fraction of sp³-hybridized carbons (Fsp3) is 0.909. The van der Waals surface area contributed by atoms with Crippen LogP contribution in [-0.2, 0) is 9.47 Å². The van der Waals surface area contributed by atoms with E-state index in [0.29, 0.717) is 13.2 Å². The average Bonchev–Trinajstić information content (AvgIpc) is 2.48. The highest BCUT2D eigenvalue weighted by Gasteiger charge is 2.36. The van der Waals surface area contributed by atoms with Gasteiger partial charge in [0, 0.05) is 13.1 Å². The minimum atomic E-state index is -0.434. The third kappa shape index (κ3) is 2.65. The van der Waals surface area contributed by atoms with Gasteiger partial charge in [0.2, 0.25) is 0 Å². The molecule has 3 aliphatic heterocycles. The Morgan fingerprint density at radius 1 is 1.44 bits per heavy atom. The van der Waals surface area contributed by atoms with Gasteiger partial charge in [-0.1, -0.05) is 0 Å². The zero-order valence-electron chi connectivity index (χ0n) is 10.2. The van der Waals surface area contributed by atoms with Crippen molar-refractivity contribution in [3.8, 4) is 0 Å². The average molecular weight is 228 g/mol. The molecule has 3 rings (SSSR count). The number of nitrogens with zero attached hydrogens (tertiary/aromatic N) is 1. The number of amides is 1. The number of rotatable bonds is 0. The van der Waals surface area contributed by atoms with Crippen LogP contribution in [-0.4, -0.2) is 55.0 Å². The number of hydrogen-bond donors (Lipinski definition) is 1. The second-order valence-electron chi connectivity index (χ2n) is 5.40. The van der Waals surface area contributed by atoms with Crippen molar-refractivity contribution in [3.63, 3.8) is 0 Å². The van der Waals surface area contributed by atoms with E-state index >= 15 is 0 Å². The van der Waals surface area contributed by atoms with Crippen molar-refractivity contribution in [1.29, 1.82) is 0 Å². The summed E-state index contributed by atoms with van der Waals surface area (Å²) in [4.78, 5) is 13.8. The van der Waals surface area contributed by atoms with Crippen molar-refractivity contribution in [1.82, 2.24) is 10.2 Å². The van der Waals surface area contributed by atoms with Crippen LogP contribution in [0.4, 0.5) is 4.79 Å². The number of fused-ring (bicyclic) bond motifs is 4. The van der Waals surface area contributed by atoms with Crippen molar-refractivity contribution < 1.29 is 14.3 Å². The van der Waals surface area contributed by atoms with Crippen molar-refractivity contribution in [2.45, 2.75) is 38.5 Å². The zero-order valence-corrected chi connectivity index (χ0v) is 10.2. The van der Waals surface area contributed by atoms with Crippen molar-refractivity contribution >= 4 is 6.09 Å². The highest BCUT2D eigenvalue weighted by atomic mass is 16.6. The maximum Gasteiger partial charge on any atom is 0.410 e. The van der Waals surface area contributed by atoms with E-state index in [4.69, 9.17) is 9.47 Å². The lowest BCUT2D eigenvalue weighted by molar-refractivity contribution is -0.0532. The molecule has 0 saturated carbocycles. The largest absolute Gasteiger partial charge is 0.444 e. The summed E-state index contributed by atoms with van der Waals surface area (Å²) in [6.07, 6.45) is -0.124. The first-order valence-corrected chi connectivity index (χ1v) is 5.77. The molecule has 0 aliphatic carbocycles. The van der Waals surface area contributed by atoms with E-state index in [1.165, 1.54) is 0 Å². The number of nitrogens with one attached hydrogen (secondary N) is 1. The van der Waals surface area contributed by atoms with Gasteiger partial charge in [-0.15, -0.1) is 0 Å². The molecule has 0 aromatic rings. The topological polar surface area (TPSA) is 50.8 Å². The number of carbonyl (C=O) groups excluding carboxylic acids is 1. The fourth-order valence-electron chi connectivity index (χ4n) is 2.01. The van der Waals surface area contributed by atoms with Gasteiger partial charge < -0.3 is 14.8 Å². The Labute approximate surface area is 96.1 Å². The molecule has 3 aliphatic rings. The maximum absolute atomic E-state index is 12.0. The molecule has 16 heavy (non-hydrogen) atoms. The molecule has 92 valence electrons. The smallest absolute Gasteiger partial charge is 0.410 e. The van der Waals surface area contributed by atoms with Crippen LogP contribution in [0.5, 0.6) is 0 Å². The number of morpholine rings is 1. The van der Waals surface area contributed by atoms with Gasteiger partial charge >= 0.3 is 6.09 Å². The molecule has 0 aromatic heterocycles. The molecule has 3 saturated heterocycles. The number of carbonyl (C=O) groups is 1. The summed E-state index contributed by atoms with van der Waals surface area (Å²) in [5.41, 5.74) is -0.434. The quantitative estimate of drug-likeness (QED) is 0.659. The van der Waals surface area contributed by atoms with Crippen LogP contribution in [0.1, 0.15) is 20.8 Å². The van der Waals surface area contributed by atoms with Gasteiger partial charge in [-0.2, -0.15) is 0 Å². The van der Waals surface area contributed by atoms with Gasteiger partial charge in [0.05, 0.1) is 25.3 Å². The Kier molecular flexibility index (Phi) is 3.08. The summed E-state index contributed by atoms with van der Waals surface area (Å²) in [7, 11) is 0. The Hall–Kier alpha value is -0.810. The fourth-order valence-corrected chi connectivity index (χ4v) is 2.01. The lowest BCUT2D eigenvalue weighted by Gasteiger charge is -2.36. The zero-order chi connectivity index (χ0) is 11.8. The van der Waals surface area contributed by atoms with E-state index < -0.39 is 5.60 Å². The first-order valence-electron chi connectivity index (χ1n) is 5.77. The first kappa shape index (κ1) is 11.7. The molecule has 2 bridgehead atoms. The molecule has 3 heterocycles. The van der Waals surface area contributed by atoms with Crippen LogP contribution in [0.3, 0.4) is 0 Å². The van der Waals surface area contributed by atoms with E-state index in [1.54, 1.807) is 4.90 Å². The van der Waals surface area contributed by atoms with Crippen LogP contribution in [0, 0.1) is 0 Å². The molecular formula is C11H20N2O3. The van der Waals surface area contributed by atoms with Gasteiger partial charge in [0.1, 0.15) is 5.60 Å². The lowest BCUT2D eigenvalue weighted by atomic mass is 10.2. The first-order chi connectivity index (χ1) is 7.46. The second-order valence-corrected chi connectivity index (χ2v) is 5.40. The normalized spacial score (nSPS) is 30.1. The van der Waals surface area contributed by atoms with Crippen molar-refractivity contribution in [2.24, 2.45) is 0 Å². The van der Waals surface area contributed by atoms with Crippen molar-refractivity contribution in [3.05, 3.63) is 0 Å². The maximum atomic E-state index is 12.0. The minimum absolute atomic E-state index is 0.103. The van der Waals surface area contributed by atoms with Crippen LogP contribution in [0.2, 0.25) is 0 Å². The lowest BCUT2D eigenvalue weighted by Crippen LogP contribution is -2.53. The van der Waals surface area contributed by atoms with Gasteiger partial charge in [-0.05, 0) is 20.8 Å². The molecule has 0 spiro atoms. The van der Waals surface area contributed by atoms with E-state index in [9.17, 15) is 4.79 Å². The van der Waals surface area contributed by atoms with Gasteiger partial charge in [0.25, 0.3) is 0 Å². The highest BCUT2D eigenvalue weighted by molar-refractivity contribution is 5.68. The molecule has 5 nitrogen and oxygen atoms in total. The van der Waals surface area contributed by atoms with Gasteiger partial charge in [-0.3, -0.25) is 4.90 Å². The second kappa shape index (κ2) is 4.22. The Morgan fingerprint density at radius 2 is 2.19 bits per heavy atom. The number of hydrogen-bond acceptors (Lipinski definition) is 4. The SMILES string of the molecule is CC(C)(C)OC(=O)N1CC2CNCC1CO2. The van der Waals surface area contributed by atoms with Crippen molar-refractivity contribution in [2.75, 3.05) is 26.2 Å². The van der Waals surface area contributed by atoms with E-state index in [-0.39, 0.29) is 18.2 Å². The molecule has 2 unspecified atom stereocenters. The summed E-state index contributed by atoms with van der Waals surface area (Å²) >= 11 is 0. The molecule has 0 radical (unpaired) electrons. The summed E-state index contributed by atoms with van der Waals surface area (Å²) in [5, 5.41) is 3.28. The number of ether oxygens (including phenoxy) is 2. The van der Waals surface area contributed by atoms with Crippen LogP contribution in [0.25, 0.3) is 0 Å². The predicted octanol–water partition coefficient (Wildman–Crippen LogP) is 0.594. The molecule has 5 heteroatoms. The summed E-state index contributed by atoms with van der Waals surface area (Å²) < 4.78 is 11.0. The summed E-state index contributed by atoms with van der Waals surface area (Å²) in [5.74, 6) is 0. The Balaban J connectivity index is 2.01. The molecular weight excluding hydrogens is 208 g/mol. The monoisotopic (exact) mass is 228 g/mol. The standard InChI is InChI=1S/C11H20N2O3/c1-11(2,3)16-10(14)13-6-9-5-12-4-8(13)7-15-9/h8-9,12H,4-7H2,1-3H3. The Morgan fingerprint density at radius 3 is 2.88 bits per heavy atom. The third-order valence-electron chi connectivity index (χ3n) is 2.75. The Bertz CT molecular complexity index is 271. The van der Waals surface area contributed by atoms with Crippen LogP contribution >= 0.6 is 0 Å². The predicted molar refractivity (Wildman–Crippen MR) is 59.3 cm³/mol. The van der Waals surface area contributed by atoms with E-state index in [2.05, 4.69) is 5.32 Å². The van der Waals surface area contributed by atoms with Gasteiger partial charge in [-0.25, -0.2) is 4.79 Å². The van der Waals surface area contributed by atoms with Crippen LogP contribution in [0.15, 0.2) is 0 Å². The highest BCUT2D eigenvalue weighted by Crippen LogP contribution is 2.18.